The van der Waals surface area contributed by atoms with Gasteiger partial charge in [-0.25, -0.2) is 9.78 Å². The molecule has 0 atom stereocenters. The maximum absolute atomic E-state index is 12.6. The fourth-order valence-electron chi connectivity index (χ4n) is 1.68. The molecule has 0 radical (unpaired) electrons. The second kappa shape index (κ2) is 7.28. The van der Waals surface area contributed by atoms with Crippen LogP contribution in [0.4, 0.5) is 9.18 Å². The highest BCUT2D eigenvalue weighted by atomic mass is 19.1. The van der Waals surface area contributed by atoms with Crippen molar-refractivity contribution in [1.29, 1.82) is 0 Å². The quantitative estimate of drug-likeness (QED) is 0.824. The average molecular weight is 277 g/mol. The molecule has 1 aromatic heterocycles. The Morgan fingerprint density at radius 3 is 2.85 bits per heavy atom. The summed E-state index contributed by atoms with van der Waals surface area (Å²) in [4.78, 5) is 14.9. The summed E-state index contributed by atoms with van der Waals surface area (Å²) in [5.74, 6) is -0.500. The van der Waals surface area contributed by atoms with Crippen molar-refractivity contribution in [3.8, 4) is 0 Å². The molecule has 0 unspecified atom stereocenters. The molecule has 1 N–H and O–H groups in total. The van der Waals surface area contributed by atoms with Crippen LogP contribution >= 0.6 is 0 Å². The number of halogens is 1. The Morgan fingerprint density at radius 1 is 1.35 bits per heavy atom. The monoisotopic (exact) mass is 277 g/mol. The van der Waals surface area contributed by atoms with Gasteiger partial charge in [0.1, 0.15) is 6.61 Å². The van der Waals surface area contributed by atoms with Crippen LogP contribution in [-0.2, 0) is 17.9 Å². The Bertz CT molecular complexity index is 542. The molecule has 0 aliphatic heterocycles. The lowest BCUT2D eigenvalue weighted by Gasteiger charge is -2.07. The van der Waals surface area contributed by atoms with E-state index in [2.05, 4.69) is 10.3 Å². The Morgan fingerprint density at radius 2 is 2.15 bits per heavy atom. The van der Waals surface area contributed by atoms with Gasteiger partial charge in [0.2, 0.25) is 5.95 Å². The highest BCUT2D eigenvalue weighted by molar-refractivity contribution is 5.67. The van der Waals surface area contributed by atoms with Crippen molar-refractivity contribution in [3.05, 3.63) is 54.4 Å². The van der Waals surface area contributed by atoms with Crippen LogP contribution in [0, 0.1) is 5.95 Å². The van der Waals surface area contributed by atoms with Crippen LogP contribution in [0.25, 0.3) is 0 Å². The number of hydrogen-bond donors (Lipinski definition) is 1. The Balaban J connectivity index is 1.58. The first-order valence-corrected chi connectivity index (χ1v) is 6.36. The number of ether oxygens (including phenoxy) is 1. The number of carbonyl (C=O) groups excluding carboxylic acids is 1. The van der Waals surface area contributed by atoms with E-state index in [9.17, 15) is 9.18 Å². The lowest BCUT2D eigenvalue weighted by Crippen LogP contribution is -2.25. The van der Waals surface area contributed by atoms with Gasteiger partial charge >= 0.3 is 6.09 Å². The maximum atomic E-state index is 12.6. The Labute approximate surface area is 116 Å². The highest BCUT2D eigenvalue weighted by Crippen LogP contribution is 2.00. The van der Waals surface area contributed by atoms with Crippen LogP contribution in [0.2, 0.25) is 0 Å². The Kier molecular flexibility index (Phi) is 5.11. The number of imidazole rings is 1. The third-order valence-corrected chi connectivity index (χ3v) is 2.68. The molecule has 1 heterocycles. The molecule has 2 aromatic rings. The summed E-state index contributed by atoms with van der Waals surface area (Å²) in [5.41, 5.74) is 0.941. The van der Waals surface area contributed by atoms with Crippen molar-refractivity contribution in [1.82, 2.24) is 14.9 Å². The number of nitrogens with zero attached hydrogens (tertiary/aromatic N) is 2. The fourth-order valence-corrected chi connectivity index (χ4v) is 1.68. The largest absolute Gasteiger partial charge is 0.445 e. The van der Waals surface area contributed by atoms with E-state index in [1.807, 2.05) is 30.3 Å². The molecule has 0 aliphatic carbocycles. The molecule has 5 nitrogen and oxygen atoms in total. The maximum Gasteiger partial charge on any atom is 0.407 e. The first kappa shape index (κ1) is 14.0. The van der Waals surface area contributed by atoms with Gasteiger partial charge in [0, 0.05) is 13.1 Å². The zero-order chi connectivity index (χ0) is 14.2. The zero-order valence-electron chi connectivity index (χ0n) is 11.0. The van der Waals surface area contributed by atoms with Gasteiger partial charge in [-0.3, -0.25) is 0 Å². The zero-order valence-corrected chi connectivity index (χ0v) is 11.0. The van der Waals surface area contributed by atoms with Gasteiger partial charge < -0.3 is 14.6 Å². The van der Waals surface area contributed by atoms with Crippen LogP contribution < -0.4 is 5.32 Å². The smallest absolute Gasteiger partial charge is 0.407 e. The van der Waals surface area contributed by atoms with Crippen LogP contribution in [0.3, 0.4) is 0 Å². The molecule has 0 spiro atoms. The molecule has 2 rings (SSSR count). The van der Waals surface area contributed by atoms with Crippen molar-refractivity contribution < 1.29 is 13.9 Å². The summed E-state index contributed by atoms with van der Waals surface area (Å²) >= 11 is 0. The summed E-state index contributed by atoms with van der Waals surface area (Å²) in [6, 6.07) is 9.46. The van der Waals surface area contributed by atoms with Crippen molar-refractivity contribution in [2.75, 3.05) is 6.54 Å². The van der Waals surface area contributed by atoms with Gasteiger partial charge in [-0.15, -0.1) is 0 Å². The van der Waals surface area contributed by atoms with Crippen molar-refractivity contribution in [3.63, 3.8) is 0 Å². The molecular formula is C14H16FN3O2. The predicted molar refractivity (Wildman–Crippen MR) is 71.4 cm³/mol. The third-order valence-electron chi connectivity index (χ3n) is 2.68. The molecule has 0 aliphatic rings. The topological polar surface area (TPSA) is 56.2 Å². The van der Waals surface area contributed by atoms with E-state index in [0.717, 1.165) is 5.56 Å². The number of aromatic nitrogens is 2. The van der Waals surface area contributed by atoms with Crippen molar-refractivity contribution in [2.45, 2.75) is 19.6 Å². The number of benzene rings is 1. The third kappa shape index (κ3) is 4.72. The second-order valence-electron chi connectivity index (χ2n) is 4.28. The number of alkyl carbamates (subject to hydrolysis) is 1. The lowest BCUT2D eigenvalue weighted by molar-refractivity contribution is 0.139. The van der Waals surface area contributed by atoms with Crippen molar-refractivity contribution in [2.24, 2.45) is 0 Å². The molecule has 0 saturated carbocycles. The van der Waals surface area contributed by atoms with E-state index >= 15 is 0 Å². The summed E-state index contributed by atoms with van der Waals surface area (Å²) in [6.07, 6.45) is 2.96. The fraction of sp³-hybridized carbons (Fsp3) is 0.286. The van der Waals surface area contributed by atoms with Gasteiger partial charge in [-0.05, 0) is 12.0 Å². The normalized spacial score (nSPS) is 10.2. The summed E-state index contributed by atoms with van der Waals surface area (Å²) in [6.45, 7) is 1.31. The van der Waals surface area contributed by atoms with Gasteiger partial charge in [0.25, 0.3) is 0 Å². The second-order valence-corrected chi connectivity index (χ2v) is 4.28. The van der Waals surface area contributed by atoms with E-state index in [1.165, 1.54) is 12.5 Å². The van der Waals surface area contributed by atoms with E-state index in [0.29, 0.717) is 19.5 Å². The van der Waals surface area contributed by atoms with E-state index in [4.69, 9.17) is 4.74 Å². The Hall–Kier alpha value is -2.37. The van der Waals surface area contributed by atoms with E-state index in [1.54, 1.807) is 4.57 Å². The number of nitrogens with one attached hydrogen (secondary N) is 1. The van der Waals surface area contributed by atoms with Crippen LogP contribution in [0.1, 0.15) is 12.0 Å². The van der Waals surface area contributed by atoms with E-state index in [-0.39, 0.29) is 6.61 Å². The number of carbonyl (C=O) groups is 1. The number of rotatable bonds is 6. The predicted octanol–water partition coefficient (Wildman–Crippen LogP) is 2.34. The minimum Gasteiger partial charge on any atom is -0.445 e. The standard InChI is InChI=1S/C14H16FN3O2/c15-13-9-18(11-17-13)8-4-7-16-14(19)20-10-12-5-2-1-3-6-12/h1-3,5-6,9,11H,4,7-8,10H2,(H,16,19). The summed E-state index contributed by atoms with van der Waals surface area (Å²) in [7, 11) is 0. The molecule has 106 valence electrons. The van der Waals surface area contributed by atoms with Gasteiger partial charge in [0.15, 0.2) is 0 Å². The number of amides is 1. The van der Waals surface area contributed by atoms with Crippen LogP contribution in [0.5, 0.6) is 0 Å². The van der Waals surface area contributed by atoms with Gasteiger partial charge in [0.05, 0.1) is 12.5 Å². The van der Waals surface area contributed by atoms with E-state index < -0.39 is 12.0 Å². The summed E-state index contributed by atoms with van der Waals surface area (Å²) in [5, 5.41) is 2.64. The molecular weight excluding hydrogens is 261 g/mol. The number of aryl methyl sites for hydroxylation is 1. The molecule has 0 fully saturated rings. The molecule has 1 aromatic carbocycles. The highest BCUT2D eigenvalue weighted by Gasteiger charge is 2.02. The van der Waals surface area contributed by atoms with Gasteiger partial charge in [-0.2, -0.15) is 4.39 Å². The lowest BCUT2D eigenvalue weighted by atomic mass is 10.2. The van der Waals surface area contributed by atoms with Crippen LogP contribution in [0.15, 0.2) is 42.9 Å². The van der Waals surface area contributed by atoms with Gasteiger partial charge in [-0.1, -0.05) is 30.3 Å². The molecule has 6 heteroatoms. The van der Waals surface area contributed by atoms with Crippen LogP contribution in [-0.4, -0.2) is 22.2 Å². The molecule has 0 saturated heterocycles. The van der Waals surface area contributed by atoms with Crippen molar-refractivity contribution >= 4 is 6.09 Å². The molecule has 1 amide bonds. The SMILES string of the molecule is O=C(NCCCn1cnc(F)c1)OCc1ccccc1. The number of hydrogen-bond acceptors (Lipinski definition) is 3. The first-order chi connectivity index (χ1) is 9.74. The first-order valence-electron chi connectivity index (χ1n) is 6.36. The molecule has 20 heavy (non-hydrogen) atoms. The molecule has 0 bridgehead atoms. The average Bonchev–Trinajstić information content (AvgIpc) is 2.88. The summed E-state index contributed by atoms with van der Waals surface area (Å²) < 4.78 is 19.3. The minimum atomic E-state index is -0.500. The minimum absolute atomic E-state index is 0.249.